The zero-order valence-electron chi connectivity index (χ0n) is 16.3. The summed E-state index contributed by atoms with van der Waals surface area (Å²) >= 11 is 12.1. The number of carbonyl (C=O) groups excluding carboxylic acids is 1. The number of hydrogen-bond donors (Lipinski definition) is 0. The second-order valence-corrected chi connectivity index (χ2v) is 9.01. The van der Waals surface area contributed by atoms with Gasteiger partial charge in [0, 0.05) is 28.4 Å². The highest BCUT2D eigenvalue weighted by atomic mass is 35.5. The Labute approximate surface area is 185 Å². The van der Waals surface area contributed by atoms with Crippen LogP contribution in [0.3, 0.4) is 0 Å². The third-order valence-corrected chi connectivity index (χ3v) is 5.46. The van der Waals surface area contributed by atoms with Gasteiger partial charge in [-0.2, -0.15) is 8.42 Å². The number of benzene rings is 2. The summed E-state index contributed by atoms with van der Waals surface area (Å²) in [4.78, 5) is 12.5. The van der Waals surface area contributed by atoms with Gasteiger partial charge in [0.25, 0.3) is 10.1 Å². The zero-order valence-corrected chi connectivity index (χ0v) is 18.6. The van der Waals surface area contributed by atoms with Crippen LogP contribution in [0.25, 0.3) is 22.4 Å². The predicted molar refractivity (Wildman–Crippen MR) is 117 cm³/mol. The minimum atomic E-state index is -3.60. The average molecular weight is 468 g/mol. The molecule has 1 aromatic heterocycles. The van der Waals surface area contributed by atoms with Crippen molar-refractivity contribution in [2.75, 3.05) is 20.0 Å². The van der Waals surface area contributed by atoms with Gasteiger partial charge in [0.2, 0.25) is 0 Å². The molecule has 0 amide bonds. The second-order valence-electron chi connectivity index (χ2n) is 6.49. The molecule has 2 aromatic carbocycles. The minimum absolute atomic E-state index is 0.0885. The van der Waals surface area contributed by atoms with Crippen LogP contribution in [0.2, 0.25) is 10.0 Å². The van der Waals surface area contributed by atoms with E-state index in [1.165, 1.54) is 7.11 Å². The van der Waals surface area contributed by atoms with Gasteiger partial charge in [0.15, 0.2) is 0 Å². The van der Waals surface area contributed by atoms with E-state index in [4.69, 9.17) is 32.1 Å². The first kappa shape index (κ1) is 22.4. The molecule has 0 bridgehead atoms. The molecular formula is C21H19Cl2NO5S. The van der Waals surface area contributed by atoms with E-state index in [1.54, 1.807) is 47.2 Å². The number of halogens is 2. The van der Waals surface area contributed by atoms with E-state index in [0.29, 0.717) is 26.9 Å². The van der Waals surface area contributed by atoms with Crippen molar-refractivity contribution in [1.82, 2.24) is 4.57 Å². The smallest absolute Gasteiger partial charge is 0.340 e. The topological polar surface area (TPSA) is 74.6 Å². The van der Waals surface area contributed by atoms with Crippen molar-refractivity contribution >= 4 is 39.3 Å². The Bertz CT molecular complexity index is 1150. The molecule has 9 heteroatoms. The number of carbonyl (C=O) groups is 1. The summed E-state index contributed by atoms with van der Waals surface area (Å²) in [6.45, 7) is 0.109. The van der Waals surface area contributed by atoms with Crippen molar-refractivity contribution in [2.24, 2.45) is 0 Å². The van der Waals surface area contributed by atoms with Gasteiger partial charge in [0.05, 0.1) is 31.2 Å². The minimum Gasteiger partial charge on any atom is -0.465 e. The third kappa shape index (κ3) is 5.23. The molecule has 0 aliphatic carbocycles. The van der Waals surface area contributed by atoms with E-state index in [0.717, 1.165) is 17.4 Å². The van der Waals surface area contributed by atoms with E-state index in [2.05, 4.69) is 0 Å². The quantitative estimate of drug-likeness (QED) is 0.365. The summed E-state index contributed by atoms with van der Waals surface area (Å²) in [5.41, 5.74) is 3.22. The Morgan fingerprint density at radius 3 is 2.00 bits per heavy atom. The van der Waals surface area contributed by atoms with Crippen molar-refractivity contribution in [1.29, 1.82) is 0 Å². The first-order valence-electron chi connectivity index (χ1n) is 8.87. The molecule has 1 heterocycles. The van der Waals surface area contributed by atoms with Gasteiger partial charge >= 0.3 is 5.97 Å². The van der Waals surface area contributed by atoms with E-state index < -0.39 is 16.1 Å². The molecule has 0 saturated heterocycles. The average Bonchev–Trinajstić information content (AvgIpc) is 3.07. The molecule has 0 fully saturated rings. The van der Waals surface area contributed by atoms with Crippen LogP contribution < -0.4 is 0 Å². The van der Waals surface area contributed by atoms with Crippen molar-refractivity contribution in [3.8, 4) is 22.4 Å². The largest absolute Gasteiger partial charge is 0.465 e. The molecule has 0 N–H and O–H groups in total. The van der Waals surface area contributed by atoms with E-state index in [-0.39, 0.29) is 13.2 Å². The van der Waals surface area contributed by atoms with Crippen molar-refractivity contribution < 1.29 is 22.1 Å². The van der Waals surface area contributed by atoms with Gasteiger partial charge in [-0.15, -0.1) is 0 Å². The molecule has 3 aromatic rings. The van der Waals surface area contributed by atoms with Gasteiger partial charge < -0.3 is 9.30 Å². The number of rotatable bonds is 7. The van der Waals surface area contributed by atoms with Gasteiger partial charge in [-0.1, -0.05) is 47.5 Å². The number of esters is 1. The number of hydrogen-bond acceptors (Lipinski definition) is 5. The Morgan fingerprint density at radius 2 is 1.50 bits per heavy atom. The molecule has 0 atom stereocenters. The molecule has 30 heavy (non-hydrogen) atoms. The summed E-state index contributed by atoms with van der Waals surface area (Å²) in [6.07, 6.45) is 2.62. The lowest BCUT2D eigenvalue weighted by Gasteiger charge is -2.13. The normalized spacial score (nSPS) is 11.5. The fourth-order valence-corrected chi connectivity index (χ4v) is 3.74. The highest BCUT2D eigenvalue weighted by Crippen LogP contribution is 2.38. The molecule has 0 spiro atoms. The second kappa shape index (κ2) is 9.22. The Kier molecular flexibility index (Phi) is 6.88. The molecule has 6 nitrogen and oxygen atoms in total. The maximum Gasteiger partial charge on any atom is 0.340 e. The fraction of sp³-hybridized carbons (Fsp3) is 0.190. The van der Waals surface area contributed by atoms with Gasteiger partial charge in [-0.3, -0.25) is 4.18 Å². The van der Waals surface area contributed by atoms with Crippen LogP contribution >= 0.6 is 23.2 Å². The van der Waals surface area contributed by atoms with Crippen LogP contribution in [0.1, 0.15) is 10.4 Å². The molecule has 0 radical (unpaired) electrons. The third-order valence-electron chi connectivity index (χ3n) is 4.36. The standard InChI is InChI=1S/C21H19Cl2NO5S/c1-28-21(25)18-13-24(11-12-29-30(2,26)27)20(15-5-9-17(23)10-6-15)19(18)14-3-7-16(22)8-4-14/h3-10,13H,11-12H2,1-2H3. The van der Waals surface area contributed by atoms with Crippen molar-refractivity contribution in [3.05, 3.63) is 70.3 Å². The maximum absolute atomic E-state index is 12.5. The van der Waals surface area contributed by atoms with E-state index in [1.807, 2.05) is 12.1 Å². The lowest BCUT2D eigenvalue weighted by Crippen LogP contribution is -2.10. The van der Waals surface area contributed by atoms with Crippen LogP contribution in [-0.4, -0.2) is 38.9 Å². The molecule has 0 saturated carbocycles. The Balaban J connectivity index is 2.21. The number of methoxy groups -OCH3 is 1. The fourth-order valence-electron chi connectivity index (χ4n) is 3.11. The van der Waals surface area contributed by atoms with Crippen LogP contribution in [-0.2, 0) is 25.6 Å². The predicted octanol–water partition coefficient (Wildman–Crippen LogP) is 4.89. The molecule has 0 aliphatic heterocycles. The number of nitrogens with zero attached hydrogens (tertiary/aromatic N) is 1. The molecular weight excluding hydrogens is 449 g/mol. The first-order chi connectivity index (χ1) is 14.2. The Morgan fingerprint density at radius 1 is 0.967 bits per heavy atom. The molecule has 158 valence electrons. The monoisotopic (exact) mass is 467 g/mol. The molecule has 0 aliphatic rings. The maximum atomic E-state index is 12.5. The SMILES string of the molecule is COC(=O)c1cn(CCOS(C)(=O)=O)c(-c2ccc(Cl)cc2)c1-c1ccc(Cl)cc1. The summed E-state index contributed by atoms with van der Waals surface area (Å²) in [7, 11) is -2.29. The summed E-state index contributed by atoms with van der Waals surface area (Å²) in [5, 5.41) is 1.13. The highest BCUT2D eigenvalue weighted by molar-refractivity contribution is 7.85. The number of aromatic nitrogens is 1. The lowest BCUT2D eigenvalue weighted by molar-refractivity contribution is 0.0601. The first-order valence-corrected chi connectivity index (χ1v) is 11.4. The van der Waals surface area contributed by atoms with Crippen LogP contribution in [0.4, 0.5) is 0 Å². The summed E-state index contributed by atoms with van der Waals surface area (Å²) in [6, 6.07) is 14.2. The molecule has 0 unspecified atom stereocenters. The molecule has 3 rings (SSSR count). The van der Waals surface area contributed by atoms with Crippen LogP contribution in [0.15, 0.2) is 54.7 Å². The van der Waals surface area contributed by atoms with Gasteiger partial charge in [-0.05, 0) is 35.4 Å². The van der Waals surface area contributed by atoms with E-state index >= 15 is 0 Å². The zero-order chi connectivity index (χ0) is 21.9. The van der Waals surface area contributed by atoms with Gasteiger partial charge in [0.1, 0.15) is 0 Å². The van der Waals surface area contributed by atoms with Crippen molar-refractivity contribution in [2.45, 2.75) is 6.54 Å². The lowest BCUT2D eigenvalue weighted by atomic mass is 9.98. The number of ether oxygens (including phenoxy) is 1. The van der Waals surface area contributed by atoms with Crippen molar-refractivity contribution in [3.63, 3.8) is 0 Å². The van der Waals surface area contributed by atoms with Gasteiger partial charge in [-0.25, -0.2) is 4.79 Å². The summed E-state index contributed by atoms with van der Waals surface area (Å²) in [5.74, 6) is -0.516. The highest BCUT2D eigenvalue weighted by Gasteiger charge is 2.24. The summed E-state index contributed by atoms with van der Waals surface area (Å²) < 4.78 is 34.4. The van der Waals surface area contributed by atoms with Crippen LogP contribution in [0, 0.1) is 0 Å². The van der Waals surface area contributed by atoms with E-state index in [9.17, 15) is 13.2 Å². The van der Waals surface area contributed by atoms with Crippen LogP contribution in [0.5, 0.6) is 0 Å². The Hall–Kier alpha value is -2.32.